The van der Waals surface area contributed by atoms with Gasteiger partial charge in [-0.25, -0.2) is 8.42 Å². The summed E-state index contributed by atoms with van der Waals surface area (Å²) in [5.41, 5.74) is 0.821. The van der Waals surface area contributed by atoms with Crippen molar-refractivity contribution in [3.63, 3.8) is 0 Å². The van der Waals surface area contributed by atoms with Crippen LogP contribution in [0.4, 0.5) is 0 Å². The van der Waals surface area contributed by atoms with Gasteiger partial charge in [0.25, 0.3) is 0 Å². The lowest BCUT2D eigenvalue weighted by molar-refractivity contribution is -0.140. The molecule has 0 amide bonds. The van der Waals surface area contributed by atoms with Crippen molar-refractivity contribution in [1.82, 2.24) is 4.31 Å². The topological polar surface area (TPSA) is 63.7 Å². The Balaban J connectivity index is 2.82. The second-order valence-corrected chi connectivity index (χ2v) is 5.58. The molecule has 1 rings (SSSR count). The molecule has 0 N–H and O–H groups in total. The predicted octanol–water partition coefficient (Wildman–Crippen LogP) is 0.621. The van der Waals surface area contributed by atoms with Crippen molar-refractivity contribution in [1.29, 1.82) is 0 Å². The Morgan fingerprint density at radius 1 is 1.29 bits per heavy atom. The summed E-state index contributed by atoms with van der Waals surface area (Å²) in [6, 6.07) is 9.07. The van der Waals surface area contributed by atoms with E-state index < -0.39 is 16.0 Å². The van der Waals surface area contributed by atoms with Crippen LogP contribution in [-0.2, 0) is 26.1 Å². The minimum Gasteiger partial charge on any atom is -0.468 e. The maximum Gasteiger partial charge on any atom is 0.321 e. The van der Waals surface area contributed by atoms with E-state index in [-0.39, 0.29) is 13.1 Å². The van der Waals surface area contributed by atoms with Gasteiger partial charge in [0.15, 0.2) is 0 Å². The molecule has 6 heteroatoms. The van der Waals surface area contributed by atoms with Crippen LogP contribution in [0.2, 0.25) is 0 Å². The minimum absolute atomic E-state index is 0.161. The van der Waals surface area contributed by atoms with Gasteiger partial charge in [0.1, 0.15) is 6.54 Å². The summed E-state index contributed by atoms with van der Waals surface area (Å²) in [5, 5.41) is 0. The Bertz CT molecular complexity index is 470. The molecule has 0 unspecified atom stereocenters. The van der Waals surface area contributed by atoms with Crippen molar-refractivity contribution in [2.45, 2.75) is 6.54 Å². The molecule has 0 fully saturated rings. The number of carbonyl (C=O) groups excluding carboxylic acids is 1. The lowest BCUT2D eigenvalue weighted by atomic mass is 10.2. The maximum atomic E-state index is 11.5. The number of methoxy groups -OCH3 is 1. The van der Waals surface area contributed by atoms with E-state index in [1.165, 1.54) is 7.11 Å². The number of rotatable bonds is 5. The zero-order valence-corrected chi connectivity index (χ0v) is 10.6. The molecule has 17 heavy (non-hydrogen) atoms. The van der Waals surface area contributed by atoms with Crippen LogP contribution in [0.1, 0.15) is 5.56 Å². The number of hydrogen-bond donors (Lipinski definition) is 0. The SMILES string of the molecule is COC(=O)CN(Cc1ccccc1)S(C)(=O)=O. The second-order valence-electron chi connectivity index (χ2n) is 3.59. The van der Waals surface area contributed by atoms with Crippen LogP contribution in [0, 0.1) is 0 Å². The molecule has 0 saturated carbocycles. The summed E-state index contributed by atoms with van der Waals surface area (Å²) in [7, 11) is -2.21. The van der Waals surface area contributed by atoms with Crippen molar-refractivity contribution in [2.24, 2.45) is 0 Å². The van der Waals surface area contributed by atoms with Gasteiger partial charge in [0, 0.05) is 6.54 Å². The van der Waals surface area contributed by atoms with E-state index in [1.807, 2.05) is 18.2 Å². The number of ether oxygens (including phenoxy) is 1. The summed E-state index contributed by atoms with van der Waals surface area (Å²) >= 11 is 0. The quantitative estimate of drug-likeness (QED) is 0.725. The molecular formula is C11H15NO4S. The van der Waals surface area contributed by atoms with Crippen molar-refractivity contribution >= 4 is 16.0 Å². The van der Waals surface area contributed by atoms with E-state index in [2.05, 4.69) is 4.74 Å². The smallest absolute Gasteiger partial charge is 0.321 e. The van der Waals surface area contributed by atoms with Gasteiger partial charge in [-0.15, -0.1) is 0 Å². The van der Waals surface area contributed by atoms with Crippen LogP contribution in [-0.4, -0.2) is 38.6 Å². The molecule has 0 aliphatic rings. The first-order valence-corrected chi connectivity index (χ1v) is 6.84. The molecule has 0 aromatic heterocycles. The summed E-state index contributed by atoms with van der Waals surface area (Å²) in [6.45, 7) is -0.112. The van der Waals surface area contributed by atoms with E-state index >= 15 is 0 Å². The average molecular weight is 257 g/mol. The Labute approximate surface area is 101 Å². The fraction of sp³-hybridized carbons (Fsp3) is 0.364. The van der Waals surface area contributed by atoms with E-state index in [0.717, 1.165) is 16.1 Å². The highest BCUT2D eigenvalue weighted by Crippen LogP contribution is 2.08. The third-order valence-corrected chi connectivity index (χ3v) is 3.40. The van der Waals surface area contributed by atoms with E-state index in [4.69, 9.17) is 0 Å². The number of hydrogen-bond acceptors (Lipinski definition) is 4. The highest BCUT2D eigenvalue weighted by Gasteiger charge is 2.20. The van der Waals surface area contributed by atoms with Gasteiger partial charge in [-0.2, -0.15) is 4.31 Å². The molecule has 0 saturated heterocycles. The molecule has 0 aliphatic heterocycles. The van der Waals surface area contributed by atoms with Crippen molar-refractivity contribution < 1.29 is 17.9 Å². The molecular weight excluding hydrogens is 242 g/mol. The first-order chi connectivity index (χ1) is 7.93. The normalized spacial score (nSPS) is 11.5. The average Bonchev–Trinajstić information content (AvgIpc) is 2.28. The van der Waals surface area contributed by atoms with Gasteiger partial charge < -0.3 is 4.74 Å². The zero-order chi connectivity index (χ0) is 12.9. The number of benzene rings is 1. The molecule has 0 aliphatic carbocycles. The van der Waals surface area contributed by atoms with Gasteiger partial charge in [-0.1, -0.05) is 30.3 Å². The first kappa shape index (κ1) is 13.7. The summed E-state index contributed by atoms with van der Waals surface area (Å²) in [4.78, 5) is 11.1. The predicted molar refractivity (Wildman–Crippen MR) is 63.7 cm³/mol. The Morgan fingerprint density at radius 2 is 1.88 bits per heavy atom. The molecule has 0 atom stereocenters. The minimum atomic E-state index is -3.44. The zero-order valence-electron chi connectivity index (χ0n) is 9.79. The van der Waals surface area contributed by atoms with Gasteiger partial charge in [-0.05, 0) is 5.56 Å². The number of sulfonamides is 1. The molecule has 1 aromatic carbocycles. The molecule has 0 heterocycles. The van der Waals surface area contributed by atoms with Gasteiger partial charge in [0.2, 0.25) is 10.0 Å². The second kappa shape index (κ2) is 5.79. The fourth-order valence-electron chi connectivity index (χ4n) is 1.29. The van der Waals surface area contributed by atoms with Crippen molar-refractivity contribution in [3.8, 4) is 0 Å². The first-order valence-electron chi connectivity index (χ1n) is 4.99. The highest BCUT2D eigenvalue weighted by molar-refractivity contribution is 7.88. The molecule has 0 spiro atoms. The lowest BCUT2D eigenvalue weighted by Gasteiger charge is -2.18. The summed E-state index contributed by atoms with van der Waals surface area (Å²) in [6.07, 6.45) is 1.07. The summed E-state index contributed by atoms with van der Waals surface area (Å²) < 4.78 is 28.6. The number of esters is 1. The van der Waals surface area contributed by atoms with Gasteiger partial charge >= 0.3 is 5.97 Å². The number of carbonyl (C=O) groups is 1. The van der Waals surface area contributed by atoms with Gasteiger partial charge in [0.05, 0.1) is 13.4 Å². The summed E-state index contributed by atoms with van der Waals surface area (Å²) in [5.74, 6) is -0.577. The molecule has 0 bridgehead atoms. The third kappa shape index (κ3) is 4.54. The van der Waals surface area contributed by atoms with Crippen LogP contribution in [0.25, 0.3) is 0 Å². The number of nitrogens with zero attached hydrogens (tertiary/aromatic N) is 1. The monoisotopic (exact) mass is 257 g/mol. The van der Waals surface area contributed by atoms with Gasteiger partial charge in [-0.3, -0.25) is 4.79 Å². The van der Waals surface area contributed by atoms with E-state index in [9.17, 15) is 13.2 Å². The van der Waals surface area contributed by atoms with Crippen LogP contribution in [0.5, 0.6) is 0 Å². The molecule has 94 valence electrons. The molecule has 0 radical (unpaired) electrons. The van der Waals surface area contributed by atoms with Crippen LogP contribution in [0.15, 0.2) is 30.3 Å². The van der Waals surface area contributed by atoms with Crippen LogP contribution in [0.3, 0.4) is 0 Å². The van der Waals surface area contributed by atoms with E-state index in [0.29, 0.717) is 0 Å². The van der Waals surface area contributed by atoms with Crippen molar-refractivity contribution in [2.75, 3.05) is 19.9 Å². The Kier molecular flexibility index (Phi) is 4.65. The van der Waals surface area contributed by atoms with Crippen molar-refractivity contribution in [3.05, 3.63) is 35.9 Å². The van der Waals surface area contributed by atoms with Crippen LogP contribution < -0.4 is 0 Å². The lowest BCUT2D eigenvalue weighted by Crippen LogP contribution is -2.34. The Hall–Kier alpha value is -1.40. The largest absolute Gasteiger partial charge is 0.468 e. The Morgan fingerprint density at radius 3 is 2.35 bits per heavy atom. The third-order valence-electron chi connectivity index (χ3n) is 2.20. The fourth-order valence-corrected chi connectivity index (χ4v) is 2.01. The standard InChI is InChI=1S/C11H15NO4S/c1-16-11(13)9-12(17(2,14)15)8-10-6-4-3-5-7-10/h3-7H,8-9H2,1-2H3. The molecule has 5 nitrogen and oxygen atoms in total. The maximum absolute atomic E-state index is 11.5. The highest BCUT2D eigenvalue weighted by atomic mass is 32.2. The molecule has 1 aromatic rings. The van der Waals surface area contributed by atoms with Crippen LogP contribution >= 0.6 is 0 Å². The van der Waals surface area contributed by atoms with E-state index in [1.54, 1.807) is 12.1 Å².